The van der Waals surface area contributed by atoms with Crippen molar-refractivity contribution >= 4 is 40.8 Å². The van der Waals surface area contributed by atoms with E-state index in [2.05, 4.69) is 15.6 Å². The van der Waals surface area contributed by atoms with Crippen LogP contribution in [0.5, 0.6) is 11.6 Å². The Hall–Kier alpha value is -4.16. The van der Waals surface area contributed by atoms with Crippen molar-refractivity contribution in [2.75, 3.05) is 31.5 Å². The van der Waals surface area contributed by atoms with Crippen LogP contribution in [0.2, 0.25) is 0 Å². The third-order valence-electron chi connectivity index (χ3n) is 6.40. The van der Waals surface area contributed by atoms with Gasteiger partial charge in [0.25, 0.3) is 11.8 Å². The number of ether oxygens (including phenoxy) is 1. The van der Waals surface area contributed by atoms with Crippen LogP contribution in [-0.4, -0.2) is 52.4 Å². The minimum Gasteiger partial charge on any atom is -0.439 e. The molecule has 3 heterocycles. The highest BCUT2D eigenvalue weighted by Crippen LogP contribution is 2.31. The fraction of sp³-hybridized carbons (Fsp3) is 0.222. The molecule has 2 aromatic heterocycles. The minimum absolute atomic E-state index is 0. The van der Waals surface area contributed by atoms with Gasteiger partial charge in [0.2, 0.25) is 5.88 Å². The Labute approximate surface area is 232 Å². The van der Waals surface area contributed by atoms with E-state index < -0.39 is 29.0 Å². The van der Waals surface area contributed by atoms with Crippen LogP contribution in [0.15, 0.2) is 60.8 Å². The van der Waals surface area contributed by atoms with Crippen molar-refractivity contribution in [2.45, 2.75) is 6.18 Å². The normalized spacial score (nSPS) is 13.6. The first-order valence-electron chi connectivity index (χ1n) is 12.0. The predicted molar refractivity (Wildman–Crippen MR) is 143 cm³/mol. The number of carbonyl (C=O) groups excluding carboxylic acids is 2. The van der Waals surface area contributed by atoms with Crippen LogP contribution in [0, 0.1) is 5.82 Å². The average Bonchev–Trinajstić information content (AvgIpc) is 3.25. The number of amides is 2. The molecule has 0 unspecified atom stereocenters. The van der Waals surface area contributed by atoms with Gasteiger partial charge in [-0.25, -0.2) is 9.37 Å². The Morgan fingerprint density at radius 2 is 1.77 bits per heavy atom. The summed E-state index contributed by atoms with van der Waals surface area (Å²) in [6, 6.07) is 11.9. The molecule has 1 saturated heterocycles. The second kappa shape index (κ2) is 11.5. The number of nitrogens with one attached hydrogen (secondary N) is 2. The third-order valence-corrected chi connectivity index (χ3v) is 6.40. The molecule has 5 rings (SSSR count). The summed E-state index contributed by atoms with van der Waals surface area (Å²) in [4.78, 5) is 31.3. The number of hydrogen-bond acceptors (Lipinski definition) is 5. The fourth-order valence-electron chi connectivity index (χ4n) is 4.32. The van der Waals surface area contributed by atoms with E-state index in [4.69, 9.17) is 4.74 Å². The average molecular weight is 578 g/mol. The summed E-state index contributed by atoms with van der Waals surface area (Å²) in [5.41, 5.74) is -0.148. The number of pyridine rings is 1. The highest BCUT2D eigenvalue weighted by Gasteiger charge is 2.31. The smallest absolute Gasteiger partial charge is 0.416 e. The topological polar surface area (TPSA) is 88.5 Å². The quantitative estimate of drug-likeness (QED) is 0.317. The molecule has 0 spiro atoms. The van der Waals surface area contributed by atoms with Gasteiger partial charge in [-0.15, -0.1) is 12.4 Å². The number of piperazine rings is 1. The molecule has 210 valence electrons. The highest BCUT2D eigenvalue weighted by molar-refractivity contribution is 6.04. The van der Waals surface area contributed by atoms with E-state index in [1.165, 1.54) is 18.3 Å². The monoisotopic (exact) mass is 577 g/mol. The molecule has 40 heavy (non-hydrogen) atoms. The van der Waals surface area contributed by atoms with Crippen LogP contribution in [0.1, 0.15) is 26.4 Å². The first kappa shape index (κ1) is 28.8. The van der Waals surface area contributed by atoms with E-state index in [-0.39, 0.29) is 35.9 Å². The van der Waals surface area contributed by atoms with E-state index in [1.807, 2.05) is 28.6 Å². The van der Waals surface area contributed by atoms with E-state index in [1.54, 1.807) is 12.1 Å². The molecule has 4 aromatic rings. The van der Waals surface area contributed by atoms with Crippen molar-refractivity contribution in [1.82, 2.24) is 19.8 Å². The van der Waals surface area contributed by atoms with Crippen molar-refractivity contribution in [2.24, 2.45) is 7.05 Å². The molecule has 2 N–H and O–H groups in total. The molecule has 1 fully saturated rings. The van der Waals surface area contributed by atoms with Crippen LogP contribution in [-0.2, 0) is 13.2 Å². The maximum Gasteiger partial charge on any atom is 0.416 e. The SMILES string of the molecule is Cl.Cn1c(C(=O)N2CCNCC2)cc2ccc(Oc3ccc(NC(=O)c4ccc(C(F)(F)F)cc4F)cn3)cc21. The molecule has 8 nitrogen and oxygen atoms in total. The van der Waals surface area contributed by atoms with E-state index >= 15 is 0 Å². The Kier molecular flexibility index (Phi) is 8.31. The van der Waals surface area contributed by atoms with Gasteiger partial charge in [-0.2, -0.15) is 13.2 Å². The second-order valence-electron chi connectivity index (χ2n) is 8.99. The van der Waals surface area contributed by atoms with E-state index in [0.717, 1.165) is 30.1 Å². The van der Waals surface area contributed by atoms with Gasteiger partial charge in [-0.1, -0.05) is 0 Å². The van der Waals surface area contributed by atoms with Crippen molar-refractivity contribution in [1.29, 1.82) is 0 Å². The summed E-state index contributed by atoms with van der Waals surface area (Å²) in [6.45, 7) is 2.82. The lowest BCUT2D eigenvalue weighted by molar-refractivity contribution is -0.137. The van der Waals surface area contributed by atoms with Crippen molar-refractivity contribution < 1.29 is 31.9 Å². The lowest BCUT2D eigenvalue weighted by Gasteiger charge is -2.27. The van der Waals surface area contributed by atoms with Crippen LogP contribution in [0.4, 0.5) is 23.2 Å². The Bertz CT molecular complexity index is 1550. The van der Waals surface area contributed by atoms with Gasteiger partial charge in [0.05, 0.1) is 28.5 Å². The summed E-state index contributed by atoms with van der Waals surface area (Å²) < 4.78 is 60.0. The number of benzene rings is 2. The van der Waals surface area contributed by atoms with Crippen LogP contribution >= 0.6 is 12.4 Å². The Balaban J connectivity index is 0.00000370. The molecule has 0 saturated carbocycles. The fourth-order valence-corrected chi connectivity index (χ4v) is 4.32. The molecule has 1 aliphatic rings. The van der Waals surface area contributed by atoms with Crippen molar-refractivity contribution in [3.8, 4) is 11.6 Å². The lowest BCUT2D eigenvalue weighted by atomic mass is 10.1. The maximum atomic E-state index is 14.1. The first-order chi connectivity index (χ1) is 18.6. The standard InChI is InChI=1S/C27H23F4N5O3.ClH/c1-35-22-14-19(5-2-16(22)12-23(35)26(38)36-10-8-32-9-11-36)39-24-7-4-18(15-33-24)34-25(37)20-6-3-17(13-21(20)28)27(29,30)31;/h2-7,12-15,32H,8-11H2,1H3,(H,34,37);1H. The number of aromatic nitrogens is 2. The molecule has 0 radical (unpaired) electrons. The number of nitrogens with zero attached hydrogens (tertiary/aromatic N) is 3. The van der Waals surface area contributed by atoms with Gasteiger partial charge in [-0.05, 0) is 42.5 Å². The molecule has 13 heteroatoms. The zero-order chi connectivity index (χ0) is 27.7. The van der Waals surface area contributed by atoms with Crippen molar-refractivity contribution in [3.05, 3.63) is 83.4 Å². The zero-order valence-electron chi connectivity index (χ0n) is 21.1. The number of aryl methyl sites for hydroxylation is 1. The zero-order valence-corrected chi connectivity index (χ0v) is 21.9. The largest absolute Gasteiger partial charge is 0.439 e. The van der Waals surface area contributed by atoms with Gasteiger partial charge in [0.15, 0.2) is 0 Å². The second-order valence-corrected chi connectivity index (χ2v) is 8.99. The van der Waals surface area contributed by atoms with Gasteiger partial charge in [-0.3, -0.25) is 9.59 Å². The molecule has 2 amide bonds. The number of rotatable bonds is 5. The van der Waals surface area contributed by atoms with Crippen LogP contribution in [0.25, 0.3) is 10.9 Å². The maximum absolute atomic E-state index is 14.1. The number of halogens is 5. The van der Waals surface area contributed by atoms with Crippen LogP contribution in [0.3, 0.4) is 0 Å². The number of fused-ring (bicyclic) bond motifs is 1. The molecule has 0 aliphatic carbocycles. The Morgan fingerprint density at radius 3 is 2.42 bits per heavy atom. The molecule has 1 aliphatic heterocycles. The van der Waals surface area contributed by atoms with Gasteiger partial charge < -0.3 is 24.8 Å². The number of carbonyl (C=O) groups is 2. The summed E-state index contributed by atoms with van der Waals surface area (Å²) in [7, 11) is 1.82. The van der Waals surface area contributed by atoms with Gasteiger partial charge >= 0.3 is 6.18 Å². The summed E-state index contributed by atoms with van der Waals surface area (Å²) in [6.07, 6.45) is -3.44. The van der Waals surface area contributed by atoms with E-state index in [9.17, 15) is 27.2 Å². The summed E-state index contributed by atoms with van der Waals surface area (Å²) in [5.74, 6) is -1.56. The Morgan fingerprint density at radius 1 is 1.02 bits per heavy atom. The number of hydrogen-bond donors (Lipinski definition) is 2. The predicted octanol–water partition coefficient (Wildman–Crippen LogP) is 5.24. The molecular formula is C27H24ClF4N5O3. The van der Waals surface area contributed by atoms with Gasteiger partial charge in [0, 0.05) is 50.7 Å². The molecule has 0 bridgehead atoms. The molecule has 0 atom stereocenters. The van der Waals surface area contributed by atoms with E-state index in [0.29, 0.717) is 30.6 Å². The number of alkyl halides is 3. The summed E-state index contributed by atoms with van der Waals surface area (Å²) >= 11 is 0. The molecular weight excluding hydrogens is 554 g/mol. The van der Waals surface area contributed by atoms with Crippen molar-refractivity contribution in [3.63, 3.8) is 0 Å². The first-order valence-corrected chi connectivity index (χ1v) is 12.0. The lowest BCUT2D eigenvalue weighted by Crippen LogP contribution is -2.46. The summed E-state index contributed by atoms with van der Waals surface area (Å²) in [5, 5.41) is 6.51. The third kappa shape index (κ3) is 6.02. The van der Waals surface area contributed by atoms with Gasteiger partial charge in [0.1, 0.15) is 17.3 Å². The number of anilines is 1. The highest BCUT2D eigenvalue weighted by atomic mass is 35.5. The van der Waals surface area contributed by atoms with Crippen LogP contribution < -0.4 is 15.4 Å². The molecule has 2 aromatic carbocycles. The minimum atomic E-state index is -4.72.